The minimum atomic E-state index is 0.502. The molecule has 0 heterocycles. The maximum atomic E-state index is 5.92. The molecule has 106 valence electrons. The number of hydrogen-bond acceptors (Lipinski definition) is 2. The number of alkyl halides is 1. The average molecular weight is 291 g/mol. The summed E-state index contributed by atoms with van der Waals surface area (Å²) in [7, 11) is 3.39. The molecular weight excluding hydrogens is 272 g/mol. The van der Waals surface area contributed by atoms with Gasteiger partial charge < -0.3 is 9.47 Å². The number of halogens is 1. The molecule has 0 bridgehead atoms. The molecule has 0 aliphatic heterocycles. The van der Waals surface area contributed by atoms with Crippen molar-refractivity contribution in [3.05, 3.63) is 58.7 Å². The minimum Gasteiger partial charge on any atom is -0.496 e. The Bertz CT molecular complexity index is 594. The lowest BCUT2D eigenvalue weighted by Gasteiger charge is -2.14. The van der Waals surface area contributed by atoms with Crippen LogP contribution in [0.1, 0.15) is 22.3 Å². The first kappa shape index (κ1) is 14.7. The van der Waals surface area contributed by atoms with Crippen molar-refractivity contribution >= 4 is 11.6 Å². The average Bonchev–Trinajstić information content (AvgIpc) is 2.47. The fourth-order valence-corrected chi connectivity index (χ4v) is 2.57. The van der Waals surface area contributed by atoms with Crippen LogP contribution in [0.25, 0.3) is 0 Å². The summed E-state index contributed by atoms with van der Waals surface area (Å²) in [6, 6.07) is 12.2. The Balaban J connectivity index is 2.41. The van der Waals surface area contributed by atoms with Gasteiger partial charge in [0.1, 0.15) is 11.5 Å². The summed E-state index contributed by atoms with van der Waals surface area (Å²) in [5.74, 6) is 2.32. The zero-order valence-corrected chi connectivity index (χ0v) is 12.8. The Labute approximate surface area is 125 Å². The van der Waals surface area contributed by atoms with Crippen LogP contribution in [0.5, 0.6) is 11.5 Å². The third-order valence-electron chi connectivity index (χ3n) is 3.38. The van der Waals surface area contributed by atoms with Crippen molar-refractivity contribution in [3.63, 3.8) is 0 Å². The van der Waals surface area contributed by atoms with Gasteiger partial charge in [0.25, 0.3) is 0 Å². The number of para-hydroxylation sites is 1. The van der Waals surface area contributed by atoms with Crippen LogP contribution in [0.4, 0.5) is 0 Å². The van der Waals surface area contributed by atoms with Crippen molar-refractivity contribution in [1.82, 2.24) is 0 Å². The van der Waals surface area contributed by atoms with E-state index in [0.29, 0.717) is 5.88 Å². The van der Waals surface area contributed by atoms with E-state index in [9.17, 15) is 0 Å². The van der Waals surface area contributed by atoms with E-state index >= 15 is 0 Å². The van der Waals surface area contributed by atoms with Crippen molar-refractivity contribution in [2.45, 2.75) is 19.2 Å². The van der Waals surface area contributed by atoms with E-state index in [4.69, 9.17) is 21.1 Å². The van der Waals surface area contributed by atoms with E-state index in [1.165, 1.54) is 0 Å². The molecule has 20 heavy (non-hydrogen) atoms. The van der Waals surface area contributed by atoms with Crippen LogP contribution in [0, 0.1) is 6.92 Å². The molecular formula is C17H19ClO2. The van der Waals surface area contributed by atoms with Crippen molar-refractivity contribution in [1.29, 1.82) is 0 Å². The molecule has 0 fully saturated rings. The summed E-state index contributed by atoms with van der Waals surface area (Å²) in [5.41, 5.74) is 4.50. The van der Waals surface area contributed by atoms with Gasteiger partial charge in [-0.05, 0) is 35.2 Å². The second-order valence-corrected chi connectivity index (χ2v) is 4.99. The number of hydrogen-bond donors (Lipinski definition) is 0. The van der Waals surface area contributed by atoms with Gasteiger partial charge in [0.2, 0.25) is 0 Å². The molecule has 0 radical (unpaired) electrons. The van der Waals surface area contributed by atoms with Crippen molar-refractivity contribution in [2.75, 3.05) is 14.2 Å². The zero-order chi connectivity index (χ0) is 14.5. The van der Waals surface area contributed by atoms with Crippen LogP contribution in [-0.4, -0.2) is 14.2 Å². The van der Waals surface area contributed by atoms with Gasteiger partial charge in [-0.15, -0.1) is 11.6 Å². The summed E-state index contributed by atoms with van der Waals surface area (Å²) >= 11 is 5.92. The predicted octanol–water partition coefficient (Wildman–Crippen LogP) is 4.34. The van der Waals surface area contributed by atoms with E-state index in [1.54, 1.807) is 14.2 Å². The van der Waals surface area contributed by atoms with Crippen LogP contribution >= 0.6 is 11.6 Å². The third-order valence-corrected chi connectivity index (χ3v) is 3.69. The maximum absolute atomic E-state index is 5.92. The first-order chi connectivity index (χ1) is 9.69. The molecule has 0 spiro atoms. The Morgan fingerprint density at radius 1 is 1.00 bits per heavy atom. The van der Waals surface area contributed by atoms with E-state index in [0.717, 1.165) is 40.2 Å². The molecule has 0 saturated carbocycles. The normalized spacial score (nSPS) is 10.4. The maximum Gasteiger partial charge on any atom is 0.125 e. The molecule has 0 aliphatic rings. The zero-order valence-electron chi connectivity index (χ0n) is 12.1. The second-order valence-electron chi connectivity index (χ2n) is 4.72. The molecule has 0 saturated heterocycles. The van der Waals surface area contributed by atoms with Gasteiger partial charge >= 0.3 is 0 Å². The van der Waals surface area contributed by atoms with Crippen LogP contribution in [0.3, 0.4) is 0 Å². The standard InChI is InChI=1S/C17H19ClO2/c1-12-5-4-6-14(17(12)20-3)10-15-9-13(11-18)7-8-16(15)19-2/h4-9H,10-11H2,1-3H3. The quantitative estimate of drug-likeness (QED) is 0.763. The van der Waals surface area contributed by atoms with Crippen LogP contribution in [0.2, 0.25) is 0 Å². The number of ether oxygens (including phenoxy) is 2. The van der Waals surface area contributed by atoms with Gasteiger partial charge in [-0.2, -0.15) is 0 Å². The highest BCUT2D eigenvalue weighted by Gasteiger charge is 2.10. The van der Waals surface area contributed by atoms with Gasteiger partial charge in [-0.3, -0.25) is 0 Å². The molecule has 0 N–H and O–H groups in total. The Morgan fingerprint density at radius 3 is 2.45 bits per heavy atom. The minimum absolute atomic E-state index is 0.502. The summed E-state index contributed by atoms with van der Waals surface area (Å²) in [6.07, 6.45) is 0.763. The smallest absolute Gasteiger partial charge is 0.125 e. The lowest BCUT2D eigenvalue weighted by Crippen LogP contribution is -1.99. The lowest BCUT2D eigenvalue weighted by molar-refractivity contribution is 0.403. The number of benzene rings is 2. The lowest BCUT2D eigenvalue weighted by atomic mass is 9.99. The van der Waals surface area contributed by atoms with Gasteiger partial charge in [-0.1, -0.05) is 30.3 Å². The fraction of sp³-hybridized carbons (Fsp3) is 0.294. The van der Waals surface area contributed by atoms with Gasteiger partial charge in [0, 0.05) is 12.3 Å². The Kier molecular flexibility index (Phi) is 4.91. The van der Waals surface area contributed by atoms with Gasteiger partial charge in [0.15, 0.2) is 0 Å². The Morgan fingerprint density at radius 2 is 1.80 bits per heavy atom. The van der Waals surface area contributed by atoms with Gasteiger partial charge in [-0.25, -0.2) is 0 Å². The van der Waals surface area contributed by atoms with Gasteiger partial charge in [0.05, 0.1) is 14.2 Å². The first-order valence-corrected chi connectivity index (χ1v) is 7.07. The number of methoxy groups -OCH3 is 2. The Hall–Kier alpha value is -1.67. The summed E-state index contributed by atoms with van der Waals surface area (Å²) in [6.45, 7) is 2.05. The second kappa shape index (κ2) is 6.67. The largest absolute Gasteiger partial charge is 0.496 e. The molecule has 2 aromatic carbocycles. The van der Waals surface area contributed by atoms with Crippen LogP contribution < -0.4 is 9.47 Å². The molecule has 2 nitrogen and oxygen atoms in total. The van der Waals surface area contributed by atoms with E-state index in [-0.39, 0.29) is 0 Å². The predicted molar refractivity (Wildman–Crippen MR) is 83.1 cm³/mol. The van der Waals surface area contributed by atoms with Crippen LogP contribution in [-0.2, 0) is 12.3 Å². The van der Waals surface area contributed by atoms with Crippen molar-refractivity contribution in [2.24, 2.45) is 0 Å². The fourth-order valence-electron chi connectivity index (χ4n) is 2.40. The summed E-state index contributed by atoms with van der Waals surface area (Å²) in [5, 5.41) is 0. The molecule has 0 amide bonds. The summed E-state index contributed by atoms with van der Waals surface area (Å²) in [4.78, 5) is 0. The van der Waals surface area contributed by atoms with E-state index in [2.05, 4.69) is 25.1 Å². The first-order valence-electron chi connectivity index (χ1n) is 6.53. The highest BCUT2D eigenvalue weighted by Crippen LogP contribution is 2.29. The molecule has 3 heteroatoms. The molecule has 0 aromatic heterocycles. The van der Waals surface area contributed by atoms with Crippen LogP contribution in [0.15, 0.2) is 36.4 Å². The molecule has 2 rings (SSSR count). The molecule has 2 aromatic rings. The SMILES string of the molecule is COc1ccc(CCl)cc1Cc1cccc(C)c1OC. The van der Waals surface area contributed by atoms with Crippen molar-refractivity contribution < 1.29 is 9.47 Å². The third kappa shape index (κ3) is 3.07. The van der Waals surface area contributed by atoms with E-state index < -0.39 is 0 Å². The van der Waals surface area contributed by atoms with Crippen molar-refractivity contribution in [3.8, 4) is 11.5 Å². The number of rotatable bonds is 5. The monoisotopic (exact) mass is 290 g/mol. The molecule has 0 aliphatic carbocycles. The topological polar surface area (TPSA) is 18.5 Å². The molecule has 0 unspecified atom stereocenters. The summed E-state index contributed by atoms with van der Waals surface area (Å²) < 4.78 is 10.9. The number of aryl methyl sites for hydroxylation is 1. The highest BCUT2D eigenvalue weighted by atomic mass is 35.5. The molecule has 0 atom stereocenters. The van der Waals surface area contributed by atoms with E-state index in [1.807, 2.05) is 18.2 Å². The highest BCUT2D eigenvalue weighted by molar-refractivity contribution is 6.17.